The molecule has 0 aromatic heterocycles. The van der Waals surface area contributed by atoms with E-state index >= 15 is 0 Å². The van der Waals surface area contributed by atoms with Gasteiger partial charge in [0, 0.05) is 23.6 Å². The fourth-order valence-electron chi connectivity index (χ4n) is 1.90. The fourth-order valence-corrected chi connectivity index (χ4v) is 2.56. The van der Waals surface area contributed by atoms with Crippen LogP contribution in [0.4, 0.5) is 5.69 Å². The van der Waals surface area contributed by atoms with Gasteiger partial charge in [0.2, 0.25) is 0 Å². The van der Waals surface area contributed by atoms with Crippen LogP contribution in [0.15, 0.2) is 22.7 Å². The van der Waals surface area contributed by atoms with E-state index in [1.807, 2.05) is 6.07 Å². The zero-order chi connectivity index (χ0) is 11.5. The number of nitrogens with two attached hydrogens (primary N) is 1. The normalized spacial score (nSPS) is 15.2. The molecule has 0 spiro atoms. The van der Waals surface area contributed by atoms with Crippen LogP contribution in [0.25, 0.3) is 0 Å². The molecule has 1 aliphatic carbocycles. The highest BCUT2D eigenvalue weighted by Gasteiger charge is 2.29. The Hall–Kier alpha value is -0.580. The lowest BCUT2D eigenvalue weighted by Gasteiger charge is -2.25. The van der Waals surface area contributed by atoms with Crippen LogP contribution in [-0.2, 0) is 6.54 Å². The molecule has 0 amide bonds. The summed E-state index contributed by atoms with van der Waals surface area (Å²) in [6, 6.07) is 6.79. The molecule has 4 heteroatoms. The molecule has 1 fully saturated rings. The molecule has 0 radical (unpaired) electrons. The van der Waals surface area contributed by atoms with Crippen molar-refractivity contribution < 1.29 is 5.11 Å². The predicted octanol–water partition coefficient (Wildman–Crippen LogP) is 1.87. The smallest absolute Gasteiger partial charge is 0.0606 e. The summed E-state index contributed by atoms with van der Waals surface area (Å²) in [5.41, 5.74) is 7.88. The van der Waals surface area contributed by atoms with E-state index in [2.05, 4.69) is 33.0 Å². The molecule has 0 atom stereocenters. The van der Waals surface area contributed by atoms with Gasteiger partial charge in [-0.1, -0.05) is 6.07 Å². The van der Waals surface area contributed by atoms with E-state index < -0.39 is 0 Å². The third-order valence-corrected chi connectivity index (χ3v) is 3.52. The second-order valence-electron chi connectivity index (χ2n) is 4.14. The van der Waals surface area contributed by atoms with E-state index in [1.165, 1.54) is 12.8 Å². The Morgan fingerprint density at radius 1 is 1.44 bits per heavy atom. The lowest BCUT2D eigenvalue weighted by molar-refractivity contribution is 0.301. The van der Waals surface area contributed by atoms with Crippen LogP contribution in [0.5, 0.6) is 0 Å². The van der Waals surface area contributed by atoms with Crippen LogP contribution in [0.3, 0.4) is 0 Å². The molecule has 1 saturated carbocycles. The number of aliphatic hydroxyl groups excluding tert-OH is 1. The highest BCUT2D eigenvalue weighted by Crippen LogP contribution is 2.35. The van der Waals surface area contributed by atoms with Crippen LogP contribution < -0.4 is 10.6 Å². The van der Waals surface area contributed by atoms with Crippen molar-refractivity contribution >= 4 is 21.6 Å². The molecule has 1 aromatic carbocycles. The van der Waals surface area contributed by atoms with Crippen molar-refractivity contribution in [3.05, 3.63) is 28.2 Å². The average molecular weight is 285 g/mol. The highest BCUT2D eigenvalue weighted by atomic mass is 79.9. The van der Waals surface area contributed by atoms with Gasteiger partial charge in [-0.15, -0.1) is 0 Å². The first kappa shape index (κ1) is 11.9. The Morgan fingerprint density at radius 3 is 2.69 bits per heavy atom. The second kappa shape index (κ2) is 5.17. The monoisotopic (exact) mass is 284 g/mol. The molecule has 3 nitrogen and oxygen atoms in total. The molecular weight excluding hydrogens is 268 g/mol. The van der Waals surface area contributed by atoms with Crippen LogP contribution in [0.2, 0.25) is 0 Å². The molecule has 1 aromatic rings. The number of hydrogen-bond donors (Lipinski definition) is 2. The Kier molecular flexibility index (Phi) is 3.84. The number of rotatable bonds is 5. The first-order valence-electron chi connectivity index (χ1n) is 5.62. The minimum atomic E-state index is 0.196. The van der Waals surface area contributed by atoms with E-state index in [-0.39, 0.29) is 6.61 Å². The summed E-state index contributed by atoms with van der Waals surface area (Å²) in [5.74, 6) is 0. The van der Waals surface area contributed by atoms with Gasteiger partial charge in [0.25, 0.3) is 0 Å². The molecule has 88 valence electrons. The van der Waals surface area contributed by atoms with Gasteiger partial charge in [-0.3, -0.25) is 0 Å². The topological polar surface area (TPSA) is 49.5 Å². The second-order valence-corrected chi connectivity index (χ2v) is 4.99. The number of aliphatic hydroxyl groups is 1. The Labute approximate surface area is 104 Å². The summed E-state index contributed by atoms with van der Waals surface area (Å²) in [6.45, 7) is 1.45. The van der Waals surface area contributed by atoms with Gasteiger partial charge >= 0.3 is 0 Å². The molecular formula is C12H17BrN2O. The predicted molar refractivity (Wildman–Crippen MR) is 69.5 cm³/mol. The van der Waals surface area contributed by atoms with Gasteiger partial charge in [-0.05, 0) is 46.5 Å². The Morgan fingerprint density at radius 2 is 2.19 bits per heavy atom. The van der Waals surface area contributed by atoms with Crippen molar-refractivity contribution in [3.8, 4) is 0 Å². The summed E-state index contributed by atoms with van der Waals surface area (Å²) in [7, 11) is 0. The Balaban J connectivity index is 2.22. The van der Waals surface area contributed by atoms with Gasteiger partial charge in [-0.2, -0.15) is 0 Å². The lowest BCUT2D eigenvalue weighted by atomic mass is 10.2. The zero-order valence-electron chi connectivity index (χ0n) is 9.19. The lowest BCUT2D eigenvalue weighted by Crippen LogP contribution is -2.29. The van der Waals surface area contributed by atoms with Crippen LogP contribution in [0.1, 0.15) is 18.4 Å². The van der Waals surface area contributed by atoms with Gasteiger partial charge in [0.15, 0.2) is 0 Å². The molecule has 3 N–H and O–H groups in total. The van der Waals surface area contributed by atoms with Gasteiger partial charge < -0.3 is 15.7 Å². The minimum absolute atomic E-state index is 0.196. The van der Waals surface area contributed by atoms with Crippen LogP contribution >= 0.6 is 15.9 Å². The third-order valence-electron chi connectivity index (χ3n) is 2.89. The maximum atomic E-state index is 9.09. The van der Waals surface area contributed by atoms with Crippen molar-refractivity contribution in [1.82, 2.24) is 0 Å². The van der Waals surface area contributed by atoms with Crippen molar-refractivity contribution in [2.24, 2.45) is 5.73 Å². The first-order chi connectivity index (χ1) is 7.76. The molecule has 0 aliphatic heterocycles. The summed E-state index contributed by atoms with van der Waals surface area (Å²) in [5, 5.41) is 9.09. The number of nitrogens with zero attached hydrogens (tertiary/aromatic N) is 1. The standard InChI is InChI=1S/C12H17BrN2O/c13-11-7-9(8-14)1-4-12(11)15(5-6-16)10-2-3-10/h1,4,7,10,16H,2-3,5-6,8,14H2. The third kappa shape index (κ3) is 2.56. The van der Waals surface area contributed by atoms with E-state index in [0.717, 1.165) is 15.7 Å². The van der Waals surface area contributed by atoms with Gasteiger partial charge in [-0.25, -0.2) is 0 Å². The van der Waals surface area contributed by atoms with E-state index in [1.54, 1.807) is 0 Å². The molecule has 0 heterocycles. The quantitative estimate of drug-likeness (QED) is 0.868. The molecule has 1 aliphatic rings. The average Bonchev–Trinajstić information content (AvgIpc) is 3.10. The van der Waals surface area contributed by atoms with Crippen molar-refractivity contribution in [2.75, 3.05) is 18.1 Å². The Bertz CT molecular complexity index is 366. The van der Waals surface area contributed by atoms with Gasteiger partial charge in [0.1, 0.15) is 0 Å². The summed E-state index contributed by atoms with van der Waals surface area (Å²) >= 11 is 3.58. The maximum Gasteiger partial charge on any atom is 0.0606 e. The van der Waals surface area contributed by atoms with Gasteiger partial charge in [0.05, 0.1) is 12.3 Å². The highest BCUT2D eigenvalue weighted by molar-refractivity contribution is 9.10. The molecule has 0 bridgehead atoms. The SMILES string of the molecule is NCc1ccc(N(CCO)C2CC2)c(Br)c1. The number of hydrogen-bond acceptors (Lipinski definition) is 3. The first-order valence-corrected chi connectivity index (χ1v) is 6.41. The molecule has 2 rings (SSSR count). The van der Waals surface area contributed by atoms with Crippen molar-refractivity contribution in [3.63, 3.8) is 0 Å². The molecule has 0 saturated heterocycles. The van der Waals surface area contributed by atoms with E-state index in [9.17, 15) is 0 Å². The number of halogens is 1. The van der Waals surface area contributed by atoms with Crippen molar-refractivity contribution in [2.45, 2.75) is 25.4 Å². The van der Waals surface area contributed by atoms with Crippen LogP contribution in [-0.4, -0.2) is 24.3 Å². The summed E-state index contributed by atoms with van der Waals surface area (Å²) in [6.07, 6.45) is 2.45. The van der Waals surface area contributed by atoms with E-state index in [0.29, 0.717) is 19.1 Å². The van der Waals surface area contributed by atoms with Crippen molar-refractivity contribution in [1.29, 1.82) is 0 Å². The number of benzene rings is 1. The zero-order valence-corrected chi connectivity index (χ0v) is 10.8. The van der Waals surface area contributed by atoms with Crippen LogP contribution in [0, 0.1) is 0 Å². The fraction of sp³-hybridized carbons (Fsp3) is 0.500. The minimum Gasteiger partial charge on any atom is -0.395 e. The maximum absolute atomic E-state index is 9.09. The molecule has 16 heavy (non-hydrogen) atoms. The largest absolute Gasteiger partial charge is 0.395 e. The van der Waals surface area contributed by atoms with E-state index in [4.69, 9.17) is 10.8 Å². The molecule has 0 unspecified atom stereocenters. The summed E-state index contributed by atoms with van der Waals surface area (Å²) in [4.78, 5) is 2.27. The number of anilines is 1. The summed E-state index contributed by atoms with van der Waals surface area (Å²) < 4.78 is 1.07.